The highest BCUT2D eigenvalue weighted by Crippen LogP contribution is 2.57. The van der Waals surface area contributed by atoms with Gasteiger partial charge in [-0.1, -0.05) is 33.3 Å². The summed E-state index contributed by atoms with van der Waals surface area (Å²) in [5.41, 5.74) is 3.45. The van der Waals surface area contributed by atoms with Gasteiger partial charge in [-0.15, -0.1) is 0 Å². The number of rotatable bonds is 3. The van der Waals surface area contributed by atoms with Crippen molar-refractivity contribution in [2.75, 3.05) is 13.2 Å². The third kappa shape index (κ3) is 2.49. The summed E-state index contributed by atoms with van der Waals surface area (Å²) < 4.78 is 0. The van der Waals surface area contributed by atoms with Gasteiger partial charge in [0.2, 0.25) is 0 Å². The van der Waals surface area contributed by atoms with Crippen LogP contribution >= 0.6 is 0 Å². The summed E-state index contributed by atoms with van der Waals surface area (Å²) in [6.07, 6.45) is 5.42. The van der Waals surface area contributed by atoms with Gasteiger partial charge in [-0.05, 0) is 65.2 Å². The lowest BCUT2D eigenvalue weighted by molar-refractivity contribution is -0.0179. The van der Waals surface area contributed by atoms with E-state index >= 15 is 0 Å². The van der Waals surface area contributed by atoms with Gasteiger partial charge in [-0.25, -0.2) is 0 Å². The third-order valence-electron chi connectivity index (χ3n) is 6.79. The average molecular weight is 318 g/mol. The number of aliphatic hydroxyl groups is 2. The fraction of sp³-hybridized carbons (Fsp3) is 0.700. The van der Waals surface area contributed by atoms with E-state index in [2.05, 4.69) is 19.9 Å². The van der Waals surface area contributed by atoms with Crippen molar-refractivity contribution in [3.8, 4) is 5.75 Å². The van der Waals surface area contributed by atoms with E-state index in [9.17, 15) is 15.3 Å². The van der Waals surface area contributed by atoms with E-state index in [1.807, 2.05) is 13.0 Å². The van der Waals surface area contributed by atoms with Crippen molar-refractivity contribution in [3.63, 3.8) is 0 Å². The zero-order valence-corrected chi connectivity index (χ0v) is 14.6. The Bertz CT molecular complexity index is 597. The maximum atomic E-state index is 10.5. The van der Waals surface area contributed by atoms with Crippen molar-refractivity contribution < 1.29 is 15.3 Å². The van der Waals surface area contributed by atoms with E-state index in [4.69, 9.17) is 0 Å². The van der Waals surface area contributed by atoms with E-state index in [1.54, 1.807) is 0 Å². The van der Waals surface area contributed by atoms with Crippen LogP contribution in [-0.2, 0) is 11.8 Å². The van der Waals surface area contributed by atoms with Crippen LogP contribution in [0.2, 0.25) is 0 Å². The first-order chi connectivity index (χ1) is 10.9. The van der Waals surface area contributed by atoms with Gasteiger partial charge < -0.3 is 15.3 Å². The molecule has 0 radical (unpaired) electrons. The standard InChI is InChI=1S/C20H30O3/c1-13(11-21)15-9-14-5-6-18-19(2,12-22)7-4-8-20(18,3)16(14)10-17(15)23/h9-10,13,18,21-23H,4-8,11-12H2,1-3H3/t13-,18+,19-,20-/m1/s1. The predicted octanol–water partition coefficient (Wildman–Crippen LogP) is 3.49. The van der Waals surface area contributed by atoms with Crippen LogP contribution < -0.4 is 0 Å². The Balaban J connectivity index is 2.08. The number of benzene rings is 1. The number of phenolic OH excluding ortho intramolecular Hbond substituents is 1. The Morgan fingerprint density at radius 2 is 1.96 bits per heavy atom. The summed E-state index contributed by atoms with van der Waals surface area (Å²) in [7, 11) is 0. The van der Waals surface area contributed by atoms with Crippen LogP contribution in [0, 0.1) is 11.3 Å². The predicted molar refractivity (Wildman–Crippen MR) is 91.8 cm³/mol. The Morgan fingerprint density at radius 3 is 2.61 bits per heavy atom. The van der Waals surface area contributed by atoms with Crippen molar-refractivity contribution in [2.24, 2.45) is 11.3 Å². The first kappa shape index (κ1) is 16.8. The number of hydrogen-bond donors (Lipinski definition) is 3. The summed E-state index contributed by atoms with van der Waals surface area (Å²) in [6.45, 7) is 6.78. The molecule has 23 heavy (non-hydrogen) atoms. The molecule has 0 heterocycles. The third-order valence-corrected chi connectivity index (χ3v) is 6.79. The Labute approximate surface area is 139 Å². The van der Waals surface area contributed by atoms with E-state index in [0.717, 1.165) is 37.7 Å². The smallest absolute Gasteiger partial charge is 0.119 e. The molecule has 128 valence electrons. The molecule has 0 aromatic heterocycles. The summed E-state index contributed by atoms with van der Waals surface area (Å²) >= 11 is 0. The minimum atomic E-state index is -0.0418. The molecule has 2 aliphatic carbocycles. The van der Waals surface area contributed by atoms with E-state index in [1.165, 1.54) is 11.1 Å². The molecule has 0 aliphatic heterocycles. The van der Waals surface area contributed by atoms with Crippen molar-refractivity contribution >= 4 is 0 Å². The topological polar surface area (TPSA) is 60.7 Å². The first-order valence-corrected chi connectivity index (χ1v) is 8.93. The number of aromatic hydroxyl groups is 1. The highest BCUT2D eigenvalue weighted by molar-refractivity contribution is 5.49. The zero-order valence-electron chi connectivity index (χ0n) is 14.6. The molecule has 0 unspecified atom stereocenters. The van der Waals surface area contributed by atoms with Crippen LogP contribution in [0.4, 0.5) is 0 Å². The molecule has 4 atom stereocenters. The lowest BCUT2D eigenvalue weighted by Crippen LogP contribution is -2.50. The summed E-state index contributed by atoms with van der Waals surface area (Å²) in [5.74, 6) is 0.727. The second-order valence-electron chi connectivity index (χ2n) is 8.33. The van der Waals surface area contributed by atoms with Crippen LogP contribution in [0.15, 0.2) is 12.1 Å². The maximum absolute atomic E-state index is 10.5. The molecular weight excluding hydrogens is 288 g/mol. The van der Waals surface area contributed by atoms with Gasteiger partial charge in [-0.3, -0.25) is 0 Å². The van der Waals surface area contributed by atoms with Crippen LogP contribution in [0.25, 0.3) is 0 Å². The van der Waals surface area contributed by atoms with Gasteiger partial charge in [0.15, 0.2) is 0 Å². The molecule has 0 saturated heterocycles. The van der Waals surface area contributed by atoms with E-state index in [0.29, 0.717) is 11.7 Å². The Morgan fingerprint density at radius 1 is 1.22 bits per heavy atom. The maximum Gasteiger partial charge on any atom is 0.119 e. The van der Waals surface area contributed by atoms with Crippen LogP contribution in [0.1, 0.15) is 69.1 Å². The summed E-state index contributed by atoms with van der Waals surface area (Å²) in [4.78, 5) is 0. The molecule has 0 bridgehead atoms. The van der Waals surface area contributed by atoms with Crippen molar-refractivity contribution in [2.45, 2.75) is 64.2 Å². The molecule has 1 fully saturated rings. The molecule has 3 nitrogen and oxygen atoms in total. The molecule has 3 N–H and O–H groups in total. The highest BCUT2D eigenvalue weighted by atomic mass is 16.3. The largest absolute Gasteiger partial charge is 0.508 e. The molecule has 1 aromatic rings. The van der Waals surface area contributed by atoms with Gasteiger partial charge in [0.25, 0.3) is 0 Å². The average Bonchev–Trinajstić information content (AvgIpc) is 2.54. The first-order valence-electron chi connectivity index (χ1n) is 8.93. The number of aliphatic hydroxyl groups excluding tert-OH is 2. The van der Waals surface area contributed by atoms with Gasteiger partial charge in [0.05, 0.1) is 0 Å². The molecule has 1 aromatic carbocycles. The molecule has 1 saturated carbocycles. The molecule has 3 heteroatoms. The van der Waals surface area contributed by atoms with Gasteiger partial charge >= 0.3 is 0 Å². The second kappa shape index (κ2) is 5.78. The number of phenols is 1. The van der Waals surface area contributed by atoms with E-state index < -0.39 is 0 Å². The molecular formula is C20H30O3. The Kier molecular flexibility index (Phi) is 4.22. The molecule has 0 amide bonds. The summed E-state index contributed by atoms with van der Waals surface area (Å²) in [6, 6.07) is 4.06. The van der Waals surface area contributed by atoms with Crippen molar-refractivity contribution in [1.29, 1.82) is 0 Å². The van der Waals surface area contributed by atoms with Crippen LogP contribution in [0.3, 0.4) is 0 Å². The second-order valence-corrected chi connectivity index (χ2v) is 8.33. The number of aryl methyl sites for hydroxylation is 1. The fourth-order valence-electron chi connectivity index (χ4n) is 5.34. The molecule has 0 spiro atoms. The fourth-order valence-corrected chi connectivity index (χ4v) is 5.34. The lowest BCUT2D eigenvalue weighted by Gasteiger charge is -2.55. The van der Waals surface area contributed by atoms with Gasteiger partial charge in [-0.2, -0.15) is 0 Å². The molecule has 3 rings (SSSR count). The minimum Gasteiger partial charge on any atom is -0.508 e. The van der Waals surface area contributed by atoms with Crippen molar-refractivity contribution in [1.82, 2.24) is 0 Å². The monoisotopic (exact) mass is 318 g/mol. The van der Waals surface area contributed by atoms with Crippen molar-refractivity contribution in [3.05, 3.63) is 28.8 Å². The van der Waals surface area contributed by atoms with Gasteiger partial charge in [0, 0.05) is 19.1 Å². The molecule has 2 aliphatic rings. The zero-order chi connectivity index (χ0) is 16.8. The van der Waals surface area contributed by atoms with Gasteiger partial charge in [0.1, 0.15) is 5.75 Å². The number of fused-ring (bicyclic) bond motifs is 3. The quantitative estimate of drug-likeness (QED) is 0.799. The van der Waals surface area contributed by atoms with Crippen LogP contribution in [-0.4, -0.2) is 28.5 Å². The highest BCUT2D eigenvalue weighted by Gasteiger charge is 2.51. The SMILES string of the molecule is C[C@H](CO)c1cc2c(cc1O)[C@@]1(C)CCC[C@](C)(CO)[C@@H]1CC2. The minimum absolute atomic E-state index is 0.0165. The van der Waals surface area contributed by atoms with Crippen LogP contribution in [0.5, 0.6) is 5.75 Å². The summed E-state index contributed by atoms with van der Waals surface area (Å²) in [5, 5.41) is 29.9. The van der Waals surface area contributed by atoms with E-state index in [-0.39, 0.29) is 30.0 Å². The number of hydrogen-bond acceptors (Lipinski definition) is 3. The lowest BCUT2D eigenvalue weighted by atomic mass is 9.50. The normalized spacial score (nSPS) is 34.6. The Hall–Kier alpha value is -1.06.